The molecule has 1 aromatic carbocycles. The van der Waals surface area contributed by atoms with Crippen molar-refractivity contribution in [2.75, 3.05) is 0 Å². The molecular weight excluding hydrogens is 184 g/mol. The monoisotopic (exact) mass is 193 g/mol. The fraction of sp³-hybridized carbons (Fsp3) is 0.0909. The second-order valence-electron chi connectivity index (χ2n) is 3.19. The first kappa shape index (κ1) is 8.94. The lowest BCUT2D eigenvalue weighted by molar-refractivity contribution is 0.584. The number of aromatic nitrogens is 1. The van der Waals surface area contributed by atoms with E-state index in [-0.39, 0.29) is 0 Å². The average Bonchev–Trinajstić information content (AvgIpc) is 2.49. The van der Waals surface area contributed by atoms with E-state index in [2.05, 4.69) is 4.98 Å². The van der Waals surface area contributed by atoms with Gasteiger partial charge in [0.1, 0.15) is 11.6 Å². The Labute approximate surface area is 80.4 Å². The van der Waals surface area contributed by atoms with Gasteiger partial charge >= 0.3 is 0 Å². The lowest BCUT2D eigenvalue weighted by Gasteiger charge is -2.01. The van der Waals surface area contributed by atoms with Crippen molar-refractivity contribution in [3.05, 3.63) is 47.7 Å². The topological polar surface area (TPSA) is 15.8 Å². The number of nitrogens with one attached hydrogen (secondary N) is 1. The Morgan fingerprint density at radius 1 is 1.07 bits per heavy atom. The molecule has 0 bridgehead atoms. The standard InChI is InChI=1S/C11H9F2N/c1-7-2-3-14-11(7)8-4-9(12)6-10(13)5-8/h2-6,14H,1H3. The van der Waals surface area contributed by atoms with Gasteiger partial charge in [-0.15, -0.1) is 0 Å². The Kier molecular flexibility index (Phi) is 2.08. The maximum absolute atomic E-state index is 12.9. The molecule has 0 saturated carbocycles. The quantitative estimate of drug-likeness (QED) is 0.715. The number of hydrogen-bond donors (Lipinski definition) is 1. The molecule has 0 aliphatic rings. The molecule has 1 heterocycles. The van der Waals surface area contributed by atoms with Crippen LogP contribution in [-0.4, -0.2) is 4.98 Å². The fourth-order valence-electron chi connectivity index (χ4n) is 1.46. The Morgan fingerprint density at radius 2 is 1.71 bits per heavy atom. The van der Waals surface area contributed by atoms with Crippen molar-refractivity contribution in [2.24, 2.45) is 0 Å². The maximum atomic E-state index is 12.9. The summed E-state index contributed by atoms with van der Waals surface area (Å²) in [6.07, 6.45) is 1.74. The van der Waals surface area contributed by atoms with Crippen molar-refractivity contribution in [3.63, 3.8) is 0 Å². The Morgan fingerprint density at radius 3 is 2.21 bits per heavy atom. The second-order valence-corrected chi connectivity index (χ2v) is 3.19. The van der Waals surface area contributed by atoms with Crippen LogP contribution in [0.15, 0.2) is 30.5 Å². The zero-order chi connectivity index (χ0) is 10.1. The van der Waals surface area contributed by atoms with E-state index >= 15 is 0 Å². The van der Waals surface area contributed by atoms with Crippen molar-refractivity contribution in [3.8, 4) is 11.3 Å². The first-order valence-electron chi connectivity index (χ1n) is 4.27. The van der Waals surface area contributed by atoms with E-state index in [9.17, 15) is 8.78 Å². The van der Waals surface area contributed by atoms with Crippen LogP contribution in [0, 0.1) is 18.6 Å². The molecule has 3 heteroatoms. The summed E-state index contributed by atoms with van der Waals surface area (Å²) in [5, 5.41) is 0. The summed E-state index contributed by atoms with van der Waals surface area (Å²) in [6.45, 7) is 1.88. The summed E-state index contributed by atoms with van der Waals surface area (Å²) in [5.74, 6) is -1.12. The highest BCUT2D eigenvalue weighted by Gasteiger charge is 2.05. The molecule has 0 unspecified atom stereocenters. The Hall–Kier alpha value is -1.64. The van der Waals surface area contributed by atoms with E-state index in [0.717, 1.165) is 17.3 Å². The van der Waals surface area contributed by atoms with Crippen LogP contribution in [0.25, 0.3) is 11.3 Å². The molecule has 0 aliphatic heterocycles. The molecule has 2 aromatic rings. The zero-order valence-electron chi connectivity index (χ0n) is 7.64. The number of hydrogen-bond acceptors (Lipinski definition) is 0. The van der Waals surface area contributed by atoms with Gasteiger partial charge in [0, 0.05) is 23.5 Å². The smallest absolute Gasteiger partial charge is 0.126 e. The van der Waals surface area contributed by atoms with E-state index < -0.39 is 11.6 Å². The minimum Gasteiger partial charge on any atom is -0.361 e. The molecule has 0 spiro atoms. The molecule has 0 amide bonds. The third kappa shape index (κ3) is 1.53. The summed E-state index contributed by atoms with van der Waals surface area (Å²) < 4.78 is 25.8. The number of halogens is 2. The number of rotatable bonds is 1. The lowest BCUT2D eigenvalue weighted by atomic mass is 10.1. The number of aromatic amines is 1. The van der Waals surface area contributed by atoms with Gasteiger partial charge in [-0.05, 0) is 30.7 Å². The molecule has 1 aromatic heterocycles. The molecule has 0 fully saturated rings. The average molecular weight is 193 g/mol. The number of aryl methyl sites for hydroxylation is 1. The number of benzene rings is 1. The SMILES string of the molecule is Cc1cc[nH]c1-c1cc(F)cc(F)c1. The largest absolute Gasteiger partial charge is 0.361 e. The van der Waals surface area contributed by atoms with Gasteiger partial charge in [0.25, 0.3) is 0 Å². The van der Waals surface area contributed by atoms with E-state index in [1.165, 1.54) is 12.1 Å². The Bertz CT molecular complexity index is 440. The molecule has 0 radical (unpaired) electrons. The third-order valence-electron chi connectivity index (χ3n) is 2.11. The zero-order valence-corrected chi connectivity index (χ0v) is 7.64. The molecule has 0 aliphatic carbocycles. The molecule has 1 N–H and O–H groups in total. The highest BCUT2D eigenvalue weighted by Crippen LogP contribution is 2.22. The molecule has 14 heavy (non-hydrogen) atoms. The highest BCUT2D eigenvalue weighted by atomic mass is 19.1. The number of H-pyrrole nitrogens is 1. The van der Waals surface area contributed by atoms with Gasteiger partial charge in [-0.1, -0.05) is 0 Å². The van der Waals surface area contributed by atoms with Crippen LogP contribution in [0.5, 0.6) is 0 Å². The van der Waals surface area contributed by atoms with Crippen molar-refractivity contribution >= 4 is 0 Å². The predicted octanol–water partition coefficient (Wildman–Crippen LogP) is 3.27. The van der Waals surface area contributed by atoms with Gasteiger partial charge in [-0.25, -0.2) is 8.78 Å². The first-order valence-corrected chi connectivity index (χ1v) is 4.27. The van der Waals surface area contributed by atoms with Gasteiger partial charge in [-0.2, -0.15) is 0 Å². The third-order valence-corrected chi connectivity index (χ3v) is 2.11. The van der Waals surface area contributed by atoms with Gasteiger partial charge in [0.05, 0.1) is 0 Å². The van der Waals surface area contributed by atoms with Crippen LogP contribution in [0.4, 0.5) is 8.78 Å². The first-order chi connectivity index (χ1) is 6.66. The predicted molar refractivity (Wildman–Crippen MR) is 50.9 cm³/mol. The summed E-state index contributed by atoms with van der Waals surface area (Å²) in [4.78, 5) is 2.94. The summed E-state index contributed by atoms with van der Waals surface area (Å²) in [6, 6.07) is 5.34. The van der Waals surface area contributed by atoms with Crippen LogP contribution >= 0.6 is 0 Å². The molecule has 72 valence electrons. The second kappa shape index (κ2) is 3.25. The van der Waals surface area contributed by atoms with Crippen LogP contribution < -0.4 is 0 Å². The van der Waals surface area contributed by atoms with E-state index in [0.29, 0.717) is 5.56 Å². The van der Waals surface area contributed by atoms with Crippen LogP contribution in [0.1, 0.15) is 5.56 Å². The van der Waals surface area contributed by atoms with Crippen molar-refractivity contribution in [1.29, 1.82) is 0 Å². The molecule has 2 rings (SSSR count). The van der Waals surface area contributed by atoms with Crippen LogP contribution in [0.3, 0.4) is 0 Å². The van der Waals surface area contributed by atoms with Gasteiger partial charge in [0.2, 0.25) is 0 Å². The minimum atomic E-state index is -0.561. The van der Waals surface area contributed by atoms with Crippen molar-refractivity contribution in [2.45, 2.75) is 6.92 Å². The fourth-order valence-corrected chi connectivity index (χ4v) is 1.46. The summed E-state index contributed by atoms with van der Waals surface area (Å²) >= 11 is 0. The van der Waals surface area contributed by atoms with Gasteiger partial charge in [0.15, 0.2) is 0 Å². The summed E-state index contributed by atoms with van der Waals surface area (Å²) in [7, 11) is 0. The van der Waals surface area contributed by atoms with Gasteiger partial charge in [-0.3, -0.25) is 0 Å². The minimum absolute atomic E-state index is 0.532. The lowest BCUT2D eigenvalue weighted by Crippen LogP contribution is -1.85. The maximum Gasteiger partial charge on any atom is 0.126 e. The van der Waals surface area contributed by atoms with Gasteiger partial charge < -0.3 is 4.98 Å². The molecule has 0 atom stereocenters. The Balaban J connectivity index is 2.57. The molecular formula is C11H9F2N. The van der Waals surface area contributed by atoms with E-state index in [1.54, 1.807) is 6.20 Å². The normalized spacial score (nSPS) is 10.5. The summed E-state index contributed by atoms with van der Waals surface area (Å²) in [5.41, 5.74) is 2.25. The highest BCUT2D eigenvalue weighted by molar-refractivity contribution is 5.63. The molecule has 1 nitrogen and oxygen atoms in total. The van der Waals surface area contributed by atoms with Crippen LogP contribution in [0.2, 0.25) is 0 Å². The van der Waals surface area contributed by atoms with Crippen LogP contribution in [-0.2, 0) is 0 Å². The van der Waals surface area contributed by atoms with E-state index in [4.69, 9.17) is 0 Å². The van der Waals surface area contributed by atoms with Crippen molar-refractivity contribution in [1.82, 2.24) is 4.98 Å². The molecule has 0 saturated heterocycles. The van der Waals surface area contributed by atoms with Crippen molar-refractivity contribution < 1.29 is 8.78 Å². The van der Waals surface area contributed by atoms with E-state index in [1.807, 2.05) is 13.0 Å².